The number of hydrogen-bond acceptors (Lipinski definition) is 6. The first-order chi connectivity index (χ1) is 34.9. The van der Waals surface area contributed by atoms with Crippen LogP contribution < -0.4 is 5.32 Å². The van der Waals surface area contributed by atoms with Crippen LogP contribution in [0.25, 0.3) is 0 Å². The number of ether oxygens (including phenoxy) is 1. The van der Waals surface area contributed by atoms with Crippen molar-refractivity contribution >= 4 is 19.7 Å². The SMILES string of the molecule is CC/C=C\C/C=C\C/C=C\C/C=C\C/C=C\C/C=C\CCC(=O)NC(COP(=O)(O)OCC[N+](C)(C)C)C(/C=C\CCCCCCCCCCCCC)OC(=O)CCCCCC/C=C/C/C=C/C/C=C/CC. The maximum Gasteiger partial charge on any atom is 0.472 e. The summed E-state index contributed by atoms with van der Waals surface area (Å²) in [6, 6.07) is -0.905. The number of allylic oxidation sites excluding steroid dienone is 19. The first kappa shape index (κ1) is 68.4. The van der Waals surface area contributed by atoms with Crippen molar-refractivity contribution in [3.8, 4) is 0 Å². The number of nitrogens with one attached hydrogen (secondary N) is 1. The average Bonchev–Trinajstić information content (AvgIpc) is 3.34. The maximum atomic E-state index is 13.5. The number of esters is 1. The topological polar surface area (TPSA) is 111 Å². The molecule has 0 fully saturated rings. The van der Waals surface area contributed by atoms with Crippen molar-refractivity contribution in [1.82, 2.24) is 5.32 Å². The molecule has 0 aromatic rings. The molecule has 0 aromatic carbocycles. The highest BCUT2D eigenvalue weighted by Gasteiger charge is 2.30. The van der Waals surface area contributed by atoms with E-state index in [0.29, 0.717) is 23.9 Å². The Hall–Kier alpha value is -3.59. The molecule has 0 aliphatic rings. The number of phosphoric ester groups is 1. The third-order valence-electron chi connectivity index (χ3n) is 11.7. The predicted octanol–water partition coefficient (Wildman–Crippen LogP) is 17.2. The van der Waals surface area contributed by atoms with Crippen LogP contribution in [-0.4, -0.2) is 74.3 Å². The van der Waals surface area contributed by atoms with Gasteiger partial charge in [-0.25, -0.2) is 4.57 Å². The van der Waals surface area contributed by atoms with Gasteiger partial charge in [-0.3, -0.25) is 18.6 Å². The van der Waals surface area contributed by atoms with Crippen molar-refractivity contribution in [2.45, 2.75) is 219 Å². The Morgan fingerprint density at radius 3 is 1.36 bits per heavy atom. The molecule has 0 saturated heterocycles. The third kappa shape index (κ3) is 51.3. The van der Waals surface area contributed by atoms with Crippen LogP contribution in [0, 0.1) is 0 Å². The van der Waals surface area contributed by atoms with Gasteiger partial charge >= 0.3 is 13.8 Å². The van der Waals surface area contributed by atoms with Gasteiger partial charge in [0.1, 0.15) is 19.3 Å². The Morgan fingerprint density at radius 1 is 0.500 bits per heavy atom. The second-order valence-electron chi connectivity index (χ2n) is 19.7. The predicted molar refractivity (Wildman–Crippen MR) is 309 cm³/mol. The lowest BCUT2D eigenvalue weighted by Crippen LogP contribution is -2.47. The summed E-state index contributed by atoms with van der Waals surface area (Å²) in [6.45, 7) is 6.68. The zero-order valence-electron chi connectivity index (χ0n) is 46.6. The summed E-state index contributed by atoms with van der Waals surface area (Å²) in [6.07, 6.45) is 70.7. The summed E-state index contributed by atoms with van der Waals surface area (Å²) in [5.74, 6) is -0.640. The van der Waals surface area contributed by atoms with E-state index in [0.717, 1.165) is 103 Å². The number of unbranched alkanes of at least 4 members (excludes halogenated alkanes) is 15. The number of likely N-dealkylation sites (N-methyl/N-ethyl adjacent to an activating group) is 1. The highest BCUT2D eigenvalue weighted by atomic mass is 31.2. The van der Waals surface area contributed by atoms with Gasteiger partial charge < -0.3 is 19.4 Å². The van der Waals surface area contributed by atoms with Crippen molar-refractivity contribution < 1.29 is 37.3 Å². The first-order valence-electron chi connectivity index (χ1n) is 28.4. The molecule has 0 aliphatic heterocycles. The van der Waals surface area contributed by atoms with Crippen LogP contribution in [0.1, 0.15) is 207 Å². The zero-order valence-corrected chi connectivity index (χ0v) is 47.5. The first-order valence-corrected chi connectivity index (χ1v) is 29.9. The van der Waals surface area contributed by atoms with Crippen LogP contribution in [0.15, 0.2) is 122 Å². The van der Waals surface area contributed by atoms with Crippen LogP contribution in [0.3, 0.4) is 0 Å². The van der Waals surface area contributed by atoms with Crippen molar-refractivity contribution in [2.75, 3.05) is 40.9 Å². The molecule has 0 bridgehead atoms. The lowest BCUT2D eigenvalue weighted by atomic mass is 10.0. The van der Waals surface area contributed by atoms with Crippen molar-refractivity contribution in [3.05, 3.63) is 122 Å². The highest BCUT2D eigenvalue weighted by molar-refractivity contribution is 7.47. The minimum Gasteiger partial charge on any atom is -0.456 e. The lowest BCUT2D eigenvalue weighted by Gasteiger charge is -2.27. The molecule has 0 heterocycles. The molecule has 0 saturated carbocycles. The summed E-state index contributed by atoms with van der Waals surface area (Å²) < 4.78 is 30.5. The van der Waals surface area contributed by atoms with Crippen molar-refractivity contribution in [3.63, 3.8) is 0 Å². The van der Waals surface area contributed by atoms with Gasteiger partial charge in [0.05, 0.1) is 33.8 Å². The molecule has 2 N–H and O–H groups in total. The molecule has 0 spiro atoms. The molecule has 10 heteroatoms. The van der Waals surface area contributed by atoms with E-state index in [1.54, 1.807) is 0 Å². The molecular weight excluding hydrogens is 916 g/mol. The Morgan fingerprint density at radius 2 is 0.903 bits per heavy atom. The standard InChI is InChI=1S/C62H105N2O7P/c1-7-10-13-16-19-22-25-28-30-31-32-33-34-36-39-42-45-48-51-54-61(65)63-59(58-70-72(67,68)69-57-56-64(4,5)6)60(53-50-47-44-41-38-35-27-24-21-18-15-12-9-3)71-62(66)55-52-49-46-43-40-37-29-26-23-20-17-14-11-8-2/h10-11,13-14,19-20,22-23,28-30,32-33,36-37,39,45,48,50,53,59-60H,7-9,12,15-18,21,24-27,31,34-35,38,40-44,46-47,49,51-52,54-58H2,1-6H3,(H-,63,65,67,68)/p+1/b13-10-,14-11+,22-19-,23-20+,30-28-,33-32-,37-29+,39-36-,48-45-,53-50-. The van der Waals surface area contributed by atoms with E-state index in [-0.39, 0.29) is 37.9 Å². The lowest BCUT2D eigenvalue weighted by molar-refractivity contribution is -0.870. The molecule has 410 valence electrons. The normalized spacial score (nSPS) is 14.7. The zero-order chi connectivity index (χ0) is 52.9. The Kier molecular flexibility index (Phi) is 48.4. The molecule has 0 radical (unpaired) electrons. The monoisotopic (exact) mass is 1020 g/mol. The van der Waals surface area contributed by atoms with Gasteiger partial charge in [-0.15, -0.1) is 0 Å². The smallest absolute Gasteiger partial charge is 0.456 e. The summed E-state index contributed by atoms with van der Waals surface area (Å²) in [5.41, 5.74) is 0. The number of carbonyl (C=O) groups is 2. The molecule has 0 aliphatic carbocycles. The molecule has 3 unspecified atom stereocenters. The highest BCUT2D eigenvalue weighted by Crippen LogP contribution is 2.43. The summed E-state index contributed by atoms with van der Waals surface area (Å²) in [5, 5.41) is 2.99. The second kappa shape index (κ2) is 50.9. The average molecular weight is 1020 g/mol. The van der Waals surface area contributed by atoms with E-state index in [1.165, 1.54) is 57.8 Å². The summed E-state index contributed by atoms with van der Waals surface area (Å²) in [4.78, 5) is 37.5. The molecule has 0 aromatic heterocycles. The Labute approximate surface area is 442 Å². The van der Waals surface area contributed by atoms with Gasteiger partial charge in [0.25, 0.3) is 0 Å². The largest absolute Gasteiger partial charge is 0.472 e. The number of hydrogen-bond donors (Lipinski definition) is 2. The number of quaternary nitrogens is 1. The Balaban J connectivity index is 5.54. The number of amides is 1. The van der Waals surface area contributed by atoms with E-state index in [9.17, 15) is 19.0 Å². The van der Waals surface area contributed by atoms with Crippen LogP contribution in [0.4, 0.5) is 0 Å². The molecule has 1 amide bonds. The van der Waals surface area contributed by atoms with Crippen LogP contribution in [-0.2, 0) is 27.9 Å². The van der Waals surface area contributed by atoms with Gasteiger partial charge in [-0.2, -0.15) is 0 Å². The number of rotatable bonds is 49. The van der Waals surface area contributed by atoms with E-state index >= 15 is 0 Å². The molecular formula is C62H106N2O7P+. The third-order valence-corrected chi connectivity index (χ3v) is 12.6. The van der Waals surface area contributed by atoms with Gasteiger partial charge in [-0.05, 0) is 102 Å². The van der Waals surface area contributed by atoms with Crippen LogP contribution in [0.2, 0.25) is 0 Å². The summed E-state index contributed by atoms with van der Waals surface area (Å²) >= 11 is 0. The number of carbonyl (C=O) groups excluding carboxylic acids is 2. The van der Waals surface area contributed by atoms with E-state index in [1.807, 2.05) is 45.4 Å². The molecule has 3 atom stereocenters. The quantitative estimate of drug-likeness (QED) is 0.0205. The van der Waals surface area contributed by atoms with Crippen LogP contribution in [0.5, 0.6) is 0 Å². The van der Waals surface area contributed by atoms with E-state index < -0.39 is 20.0 Å². The molecule has 0 rings (SSSR count). The van der Waals surface area contributed by atoms with E-state index in [2.05, 4.69) is 123 Å². The van der Waals surface area contributed by atoms with Gasteiger partial charge in [0.2, 0.25) is 5.91 Å². The van der Waals surface area contributed by atoms with Crippen molar-refractivity contribution in [1.29, 1.82) is 0 Å². The van der Waals surface area contributed by atoms with Gasteiger partial charge in [0.15, 0.2) is 0 Å². The fourth-order valence-corrected chi connectivity index (χ4v) is 8.06. The minimum absolute atomic E-state index is 0.0162. The number of phosphoric acid groups is 1. The maximum absolute atomic E-state index is 13.5. The van der Waals surface area contributed by atoms with Gasteiger partial charge in [-0.1, -0.05) is 213 Å². The number of nitrogens with zero attached hydrogens (tertiary/aromatic N) is 1. The molecule has 9 nitrogen and oxygen atoms in total. The van der Waals surface area contributed by atoms with Crippen LogP contribution >= 0.6 is 7.82 Å². The fourth-order valence-electron chi connectivity index (χ4n) is 7.33. The van der Waals surface area contributed by atoms with Crippen molar-refractivity contribution in [2.24, 2.45) is 0 Å². The van der Waals surface area contributed by atoms with E-state index in [4.69, 9.17) is 13.8 Å². The van der Waals surface area contributed by atoms with Gasteiger partial charge in [0, 0.05) is 12.8 Å². The Bertz CT molecular complexity index is 1650. The minimum atomic E-state index is -4.48. The molecule has 72 heavy (non-hydrogen) atoms. The fraction of sp³-hybridized carbons (Fsp3) is 0.645. The summed E-state index contributed by atoms with van der Waals surface area (Å²) in [7, 11) is 1.42. The second-order valence-corrected chi connectivity index (χ2v) is 21.1.